The maximum Gasteiger partial charge on any atom is 0.257 e. The Bertz CT molecular complexity index is 604. The lowest BCUT2D eigenvalue weighted by Gasteiger charge is -2.14. The Hall–Kier alpha value is -1.46. The number of carbonyl (C=O) groups is 1. The molecule has 0 bridgehead atoms. The minimum Gasteiger partial charge on any atom is -0.298 e. The van der Waals surface area contributed by atoms with Crippen molar-refractivity contribution in [3.05, 3.63) is 40.1 Å². The topological polar surface area (TPSA) is 54.9 Å². The fourth-order valence-electron chi connectivity index (χ4n) is 1.39. The largest absolute Gasteiger partial charge is 0.298 e. The van der Waals surface area contributed by atoms with Crippen LogP contribution in [0.15, 0.2) is 23.7 Å². The number of hydrogen-bond donors (Lipinski definition) is 1. The number of rotatable bonds is 2. The van der Waals surface area contributed by atoms with E-state index in [9.17, 15) is 4.79 Å². The Labute approximate surface area is 120 Å². The fraction of sp³-hybridized carbons (Fsp3) is 0.308. The maximum absolute atomic E-state index is 12.0. The lowest BCUT2D eigenvalue weighted by atomic mass is 9.93. The lowest BCUT2D eigenvalue weighted by Crippen LogP contribution is -2.14. The van der Waals surface area contributed by atoms with Crippen LogP contribution in [-0.2, 0) is 5.41 Å². The summed E-state index contributed by atoms with van der Waals surface area (Å²) in [4.78, 5) is 20.2. The molecule has 0 fully saturated rings. The average molecular weight is 296 g/mol. The highest BCUT2D eigenvalue weighted by Gasteiger charge is 2.18. The second-order valence-electron chi connectivity index (χ2n) is 5.11. The van der Waals surface area contributed by atoms with Gasteiger partial charge < -0.3 is 0 Å². The van der Waals surface area contributed by atoms with E-state index in [-0.39, 0.29) is 11.3 Å². The van der Waals surface area contributed by atoms with Gasteiger partial charge in [0.1, 0.15) is 5.15 Å². The van der Waals surface area contributed by atoms with Crippen molar-refractivity contribution in [3.8, 4) is 0 Å². The molecule has 0 aromatic carbocycles. The third kappa shape index (κ3) is 3.52. The lowest BCUT2D eigenvalue weighted by molar-refractivity contribution is 0.102. The predicted octanol–water partition coefficient (Wildman–Crippen LogP) is 3.74. The molecule has 2 rings (SSSR count). The Kier molecular flexibility index (Phi) is 3.87. The highest BCUT2D eigenvalue weighted by molar-refractivity contribution is 7.14. The Morgan fingerprint density at radius 3 is 2.74 bits per heavy atom. The van der Waals surface area contributed by atoms with Crippen molar-refractivity contribution in [1.82, 2.24) is 9.97 Å². The number of anilines is 1. The van der Waals surface area contributed by atoms with E-state index in [0.29, 0.717) is 15.8 Å². The summed E-state index contributed by atoms with van der Waals surface area (Å²) in [6, 6.07) is 3.13. The summed E-state index contributed by atoms with van der Waals surface area (Å²) in [7, 11) is 0. The van der Waals surface area contributed by atoms with Crippen LogP contribution in [0.1, 0.15) is 36.8 Å². The van der Waals surface area contributed by atoms with Gasteiger partial charge in [-0.1, -0.05) is 32.4 Å². The van der Waals surface area contributed by atoms with Crippen molar-refractivity contribution < 1.29 is 4.79 Å². The number of aromatic nitrogens is 2. The highest BCUT2D eigenvalue weighted by atomic mass is 35.5. The van der Waals surface area contributed by atoms with Gasteiger partial charge in [-0.05, 0) is 12.1 Å². The molecule has 0 saturated carbocycles. The summed E-state index contributed by atoms with van der Waals surface area (Å²) >= 11 is 7.16. The zero-order valence-corrected chi connectivity index (χ0v) is 12.5. The van der Waals surface area contributed by atoms with E-state index in [4.69, 9.17) is 11.6 Å². The van der Waals surface area contributed by atoms with E-state index in [1.54, 1.807) is 6.07 Å². The molecule has 0 saturated heterocycles. The van der Waals surface area contributed by atoms with Crippen molar-refractivity contribution in [1.29, 1.82) is 0 Å². The van der Waals surface area contributed by atoms with E-state index in [2.05, 4.69) is 36.1 Å². The molecule has 0 aliphatic rings. The zero-order valence-electron chi connectivity index (χ0n) is 10.9. The number of nitrogens with zero attached hydrogens (tertiary/aromatic N) is 2. The standard InChI is InChI=1S/C13H14ClN3OS/c1-13(2,3)9-7-19-12(16-9)17-11(18)8-4-5-15-10(14)6-8/h4-7H,1-3H3,(H,16,17,18). The number of halogens is 1. The first kappa shape index (κ1) is 14.0. The van der Waals surface area contributed by atoms with E-state index in [1.165, 1.54) is 23.6 Å². The van der Waals surface area contributed by atoms with Gasteiger partial charge >= 0.3 is 0 Å². The fourth-order valence-corrected chi connectivity index (χ4v) is 2.49. The number of pyridine rings is 1. The molecule has 19 heavy (non-hydrogen) atoms. The Balaban J connectivity index is 2.13. The van der Waals surface area contributed by atoms with Crippen LogP contribution >= 0.6 is 22.9 Å². The SMILES string of the molecule is CC(C)(C)c1csc(NC(=O)c2ccnc(Cl)c2)n1. The summed E-state index contributed by atoms with van der Waals surface area (Å²) in [5, 5.41) is 5.59. The smallest absolute Gasteiger partial charge is 0.257 e. The molecule has 2 aromatic heterocycles. The third-order valence-electron chi connectivity index (χ3n) is 2.48. The summed E-state index contributed by atoms with van der Waals surface area (Å²) in [6.07, 6.45) is 1.50. The number of hydrogen-bond acceptors (Lipinski definition) is 4. The van der Waals surface area contributed by atoms with Crippen LogP contribution in [0.25, 0.3) is 0 Å². The predicted molar refractivity (Wildman–Crippen MR) is 78.0 cm³/mol. The maximum atomic E-state index is 12.0. The van der Waals surface area contributed by atoms with Gasteiger partial charge in [-0.15, -0.1) is 11.3 Å². The molecule has 4 nitrogen and oxygen atoms in total. The van der Waals surface area contributed by atoms with E-state index in [0.717, 1.165) is 5.69 Å². The van der Waals surface area contributed by atoms with Gasteiger partial charge in [0.15, 0.2) is 5.13 Å². The van der Waals surface area contributed by atoms with Crippen LogP contribution in [0.3, 0.4) is 0 Å². The van der Waals surface area contributed by atoms with Crippen LogP contribution in [0.4, 0.5) is 5.13 Å². The van der Waals surface area contributed by atoms with Crippen LogP contribution < -0.4 is 5.32 Å². The second kappa shape index (κ2) is 5.27. The van der Waals surface area contributed by atoms with E-state index < -0.39 is 0 Å². The molecule has 0 spiro atoms. The van der Waals surface area contributed by atoms with Gasteiger partial charge in [-0.25, -0.2) is 9.97 Å². The molecule has 0 aliphatic carbocycles. The minimum atomic E-state index is -0.237. The summed E-state index contributed by atoms with van der Waals surface area (Å²) < 4.78 is 0. The number of thiazole rings is 1. The quantitative estimate of drug-likeness (QED) is 0.859. The molecule has 2 heterocycles. The minimum absolute atomic E-state index is 0.0283. The van der Waals surface area contributed by atoms with Gasteiger partial charge in [-0.3, -0.25) is 10.1 Å². The van der Waals surface area contributed by atoms with Crippen LogP contribution in [-0.4, -0.2) is 15.9 Å². The second-order valence-corrected chi connectivity index (χ2v) is 6.35. The number of nitrogens with one attached hydrogen (secondary N) is 1. The molecular formula is C13H14ClN3OS. The molecule has 1 N–H and O–H groups in total. The third-order valence-corrected chi connectivity index (χ3v) is 3.45. The van der Waals surface area contributed by atoms with Crippen molar-refractivity contribution in [3.63, 3.8) is 0 Å². The summed E-state index contributed by atoms with van der Waals surface area (Å²) in [6.45, 7) is 6.24. The first-order valence-corrected chi connectivity index (χ1v) is 7.01. The normalized spacial score (nSPS) is 11.4. The van der Waals surface area contributed by atoms with Crippen molar-refractivity contribution in [2.75, 3.05) is 5.32 Å². The molecular weight excluding hydrogens is 282 g/mol. The van der Waals surface area contributed by atoms with E-state index in [1.807, 2.05) is 5.38 Å². The van der Waals surface area contributed by atoms with Crippen molar-refractivity contribution in [2.24, 2.45) is 0 Å². The molecule has 6 heteroatoms. The molecule has 0 atom stereocenters. The van der Waals surface area contributed by atoms with Crippen LogP contribution in [0, 0.1) is 0 Å². The van der Waals surface area contributed by atoms with E-state index >= 15 is 0 Å². The van der Waals surface area contributed by atoms with Crippen molar-refractivity contribution in [2.45, 2.75) is 26.2 Å². The monoisotopic (exact) mass is 295 g/mol. The van der Waals surface area contributed by atoms with Gasteiger partial charge in [0.05, 0.1) is 5.69 Å². The van der Waals surface area contributed by atoms with Gasteiger partial charge in [0.2, 0.25) is 0 Å². The Morgan fingerprint density at radius 1 is 1.42 bits per heavy atom. The molecule has 0 aliphatic heterocycles. The zero-order chi connectivity index (χ0) is 14.0. The first-order chi connectivity index (χ1) is 8.86. The van der Waals surface area contributed by atoms with Gasteiger partial charge in [-0.2, -0.15) is 0 Å². The molecule has 0 unspecified atom stereocenters. The molecule has 100 valence electrons. The number of carbonyl (C=O) groups excluding carboxylic acids is 1. The molecule has 1 amide bonds. The number of amides is 1. The van der Waals surface area contributed by atoms with Crippen LogP contribution in [0.5, 0.6) is 0 Å². The molecule has 2 aromatic rings. The Morgan fingerprint density at radius 2 is 2.16 bits per heavy atom. The van der Waals surface area contributed by atoms with Crippen LogP contribution in [0.2, 0.25) is 5.15 Å². The highest BCUT2D eigenvalue weighted by Crippen LogP contribution is 2.26. The van der Waals surface area contributed by atoms with Gasteiger partial charge in [0, 0.05) is 22.6 Å². The summed E-state index contributed by atoms with van der Waals surface area (Å²) in [5.41, 5.74) is 1.40. The van der Waals surface area contributed by atoms with Gasteiger partial charge in [0.25, 0.3) is 5.91 Å². The molecule has 0 radical (unpaired) electrons. The van der Waals surface area contributed by atoms with Crippen molar-refractivity contribution >= 4 is 34.0 Å². The average Bonchev–Trinajstić information content (AvgIpc) is 2.77. The summed E-state index contributed by atoms with van der Waals surface area (Å²) in [5.74, 6) is -0.237. The first-order valence-electron chi connectivity index (χ1n) is 5.75.